The zero-order valence-corrected chi connectivity index (χ0v) is 42.5. The number of pyridine rings is 1. The Hall–Kier alpha value is -6.57. The maximum Gasteiger partial charge on any atom is 0.501 e. The van der Waals surface area contributed by atoms with Gasteiger partial charge in [-0.3, -0.25) is 34.3 Å². The van der Waals surface area contributed by atoms with Gasteiger partial charge in [0, 0.05) is 90.0 Å². The Bertz CT molecular complexity index is 3330. The minimum atomic E-state index is -6.28. The Morgan fingerprint density at radius 2 is 1.70 bits per heavy atom. The maximum absolute atomic E-state index is 16.4. The molecule has 0 bridgehead atoms. The van der Waals surface area contributed by atoms with Crippen molar-refractivity contribution in [1.82, 2.24) is 25.4 Å². The number of hydrogen-bond acceptors (Lipinski definition) is 10. The molecule has 76 heavy (non-hydrogen) atoms. The fourth-order valence-corrected chi connectivity index (χ4v) is 13.1. The number of likely N-dealkylation sites (tertiary alicyclic amines) is 1. The van der Waals surface area contributed by atoms with Crippen molar-refractivity contribution in [2.75, 3.05) is 30.3 Å². The lowest BCUT2D eigenvalue weighted by Crippen LogP contribution is -2.52. The first-order valence-electron chi connectivity index (χ1n) is 24.5. The van der Waals surface area contributed by atoms with Crippen LogP contribution in [0.25, 0.3) is 0 Å². The number of hydrogen-bond donors (Lipinski definition) is 4. The van der Waals surface area contributed by atoms with Crippen LogP contribution in [0.3, 0.4) is 0 Å². The second kappa shape index (κ2) is 18.6. The van der Waals surface area contributed by atoms with Crippen LogP contribution < -0.4 is 21.3 Å². The van der Waals surface area contributed by atoms with Crippen LogP contribution in [-0.4, -0.2) is 96.0 Å². The average Bonchev–Trinajstić information content (AvgIpc) is 3.64. The molecule has 4 N–H and O–H groups in total. The molecule has 6 heterocycles. The highest BCUT2D eigenvalue weighted by atomic mass is 35.5. The third kappa shape index (κ3) is 9.14. The van der Waals surface area contributed by atoms with E-state index in [1.54, 1.807) is 18.2 Å². The molecule has 400 valence electrons. The summed E-state index contributed by atoms with van der Waals surface area (Å²) < 4.78 is 129. The third-order valence-corrected chi connectivity index (χ3v) is 17.7. The number of imide groups is 1. The van der Waals surface area contributed by atoms with Crippen molar-refractivity contribution in [3.63, 3.8) is 0 Å². The number of piperidine rings is 2. The number of nitrogens with one attached hydrogen (secondary N) is 4. The molecular weight excluding hydrogens is 1050 g/mol. The van der Waals surface area contributed by atoms with Crippen LogP contribution in [-0.2, 0) is 42.4 Å². The molecule has 3 saturated heterocycles. The maximum atomic E-state index is 16.4. The topological polar surface area (TPSA) is 187 Å². The molecule has 0 unspecified atom stereocenters. The van der Waals surface area contributed by atoms with Gasteiger partial charge >= 0.3 is 11.7 Å². The number of alkyl halides is 6. The quantitative estimate of drug-likeness (QED) is 0.0801. The predicted octanol–water partition coefficient (Wildman–Crippen LogP) is 8.10. The summed E-state index contributed by atoms with van der Waals surface area (Å²) in [5, 5.41) is 10.5. The minimum Gasteiger partial charge on any atom is -0.384 e. The molecular formula is C53H49ClF7N7O7S. The summed E-state index contributed by atoms with van der Waals surface area (Å²) in [6.07, 6.45) is -1.66. The lowest BCUT2D eigenvalue weighted by Gasteiger charge is -2.39. The molecule has 3 aromatic carbocycles. The van der Waals surface area contributed by atoms with E-state index in [1.165, 1.54) is 28.0 Å². The standard InChI is InChI=1S/C53H49ClF7N7O7S/c1-49(2,3)23-40-51(26-63-36-21-39(52(56,57)58)62-24-33(36)51)42(31-8-5-9-34(54)43(31)55)44(65-40)46(71)64-35-13-11-28(20-38(35)76(74,75)53(59,60)61)47(72)67-18-16-50(17-19-67)22-29(50)12-10-27-6-4-7-30-32(27)25-68(48(30)73)37-14-15-41(69)66-45(37)70/h4-9,11,13,20-21,24,29,37,40,42,44,63,65H,14-19,22-23,25-26H2,1-3H3,(H,64,71)(H,66,69,70)/t29-,37-,40-,42-,44+,51-/m0/s1. The zero-order chi connectivity index (χ0) is 54.7. The molecule has 6 aliphatic rings. The lowest BCUT2D eigenvalue weighted by molar-refractivity contribution is -0.141. The van der Waals surface area contributed by atoms with Gasteiger partial charge in [0.2, 0.25) is 17.7 Å². The smallest absolute Gasteiger partial charge is 0.384 e. The number of rotatable bonds is 7. The molecule has 1 aromatic heterocycles. The monoisotopic (exact) mass is 1100 g/mol. The van der Waals surface area contributed by atoms with Crippen molar-refractivity contribution in [2.45, 2.75) is 112 Å². The number of carbonyl (C=O) groups excluding carboxylic acids is 5. The molecule has 0 radical (unpaired) electrons. The van der Waals surface area contributed by atoms with Crippen LogP contribution in [0.2, 0.25) is 5.02 Å². The van der Waals surface area contributed by atoms with Crippen LogP contribution in [0.4, 0.5) is 42.1 Å². The molecule has 5 amide bonds. The van der Waals surface area contributed by atoms with Crippen molar-refractivity contribution < 1.29 is 63.1 Å². The van der Waals surface area contributed by atoms with Crippen molar-refractivity contribution in [3.05, 3.63) is 117 Å². The Balaban J connectivity index is 0.898. The van der Waals surface area contributed by atoms with E-state index < -0.39 is 108 Å². The Morgan fingerprint density at radius 1 is 0.974 bits per heavy atom. The number of carbonyl (C=O) groups is 5. The number of halogens is 8. The fourth-order valence-electron chi connectivity index (χ4n) is 12.0. The molecule has 2 spiro atoms. The first kappa shape index (κ1) is 52.9. The second-order valence-corrected chi connectivity index (χ2v) is 24.0. The minimum absolute atomic E-state index is 0.0122. The molecule has 23 heteroatoms. The van der Waals surface area contributed by atoms with Gasteiger partial charge in [-0.25, -0.2) is 12.8 Å². The molecule has 6 atom stereocenters. The highest BCUT2D eigenvalue weighted by molar-refractivity contribution is 7.92. The van der Waals surface area contributed by atoms with E-state index in [0.29, 0.717) is 42.0 Å². The van der Waals surface area contributed by atoms with Crippen molar-refractivity contribution in [2.24, 2.45) is 16.7 Å². The van der Waals surface area contributed by atoms with Crippen molar-refractivity contribution in [3.8, 4) is 11.8 Å². The van der Waals surface area contributed by atoms with Gasteiger partial charge in [0.1, 0.15) is 22.4 Å². The van der Waals surface area contributed by atoms with E-state index in [9.17, 15) is 58.7 Å². The van der Waals surface area contributed by atoms with E-state index in [2.05, 4.69) is 38.1 Å². The lowest BCUT2D eigenvalue weighted by atomic mass is 9.63. The van der Waals surface area contributed by atoms with Gasteiger partial charge in [0.05, 0.1) is 16.8 Å². The van der Waals surface area contributed by atoms with E-state index in [0.717, 1.165) is 24.4 Å². The first-order valence-corrected chi connectivity index (χ1v) is 26.3. The van der Waals surface area contributed by atoms with Gasteiger partial charge in [0.15, 0.2) is 0 Å². The first-order chi connectivity index (χ1) is 35.6. The second-order valence-electron chi connectivity index (χ2n) is 21.7. The zero-order valence-electron chi connectivity index (χ0n) is 40.9. The molecule has 14 nitrogen and oxygen atoms in total. The predicted molar refractivity (Wildman–Crippen MR) is 262 cm³/mol. The molecule has 5 aliphatic heterocycles. The number of anilines is 2. The molecule has 4 fully saturated rings. The van der Waals surface area contributed by atoms with Gasteiger partial charge < -0.3 is 25.8 Å². The van der Waals surface area contributed by atoms with Gasteiger partial charge in [-0.1, -0.05) is 62.4 Å². The Labute approximate surface area is 436 Å². The van der Waals surface area contributed by atoms with Crippen LogP contribution in [0, 0.1) is 34.4 Å². The summed E-state index contributed by atoms with van der Waals surface area (Å²) in [6, 6.07) is 9.25. The Kier molecular flexibility index (Phi) is 12.9. The normalized spacial score (nSPS) is 24.9. The number of fused-ring (bicyclic) bond motifs is 3. The summed E-state index contributed by atoms with van der Waals surface area (Å²) in [7, 11) is -6.28. The highest BCUT2D eigenvalue weighted by Gasteiger charge is 2.62. The molecule has 10 rings (SSSR count). The number of amides is 5. The van der Waals surface area contributed by atoms with E-state index in [4.69, 9.17) is 11.6 Å². The largest absolute Gasteiger partial charge is 0.501 e. The van der Waals surface area contributed by atoms with Crippen LogP contribution in [0.5, 0.6) is 0 Å². The van der Waals surface area contributed by atoms with Crippen molar-refractivity contribution in [1.29, 1.82) is 0 Å². The number of aromatic nitrogens is 1. The van der Waals surface area contributed by atoms with Gasteiger partial charge in [-0.15, -0.1) is 0 Å². The molecule has 1 saturated carbocycles. The summed E-state index contributed by atoms with van der Waals surface area (Å²) in [6.45, 7) is 5.90. The molecule has 1 aliphatic carbocycles. The summed E-state index contributed by atoms with van der Waals surface area (Å²) in [5.74, 6) is 0.983. The van der Waals surface area contributed by atoms with Gasteiger partial charge in [-0.05, 0) is 96.5 Å². The van der Waals surface area contributed by atoms with E-state index in [1.807, 2.05) is 20.8 Å². The Morgan fingerprint density at radius 3 is 2.38 bits per heavy atom. The summed E-state index contributed by atoms with van der Waals surface area (Å²) >= 11 is 6.29. The van der Waals surface area contributed by atoms with Crippen LogP contribution in [0.1, 0.15) is 114 Å². The molecule has 4 aromatic rings. The average molecular weight is 1100 g/mol. The number of sulfone groups is 1. The van der Waals surface area contributed by atoms with E-state index in [-0.39, 0.29) is 84.5 Å². The summed E-state index contributed by atoms with van der Waals surface area (Å²) in [5.41, 5.74) is -8.88. The van der Waals surface area contributed by atoms with Gasteiger partial charge in [0.25, 0.3) is 21.7 Å². The van der Waals surface area contributed by atoms with Crippen LogP contribution in [0.15, 0.2) is 71.8 Å². The number of nitrogens with zero attached hydrogens (tertiary/aromatic N) is 3. The summed E-state index contributed by atoms with van der Waals surface area (Å²) in [4.78, 5) is 71.6. The van der Waals surface area contributed by atoms with E-state index >= 15 is 4.39 Å². The van der Waals surface area contributed by atoms with Gasteiger partial charge in [-0.2, -0.15) is 26.3 Å². The van der Waals surface area contributed by atoms with Crippen molar-refractivity contribution >= 4 is 62.3 Å². The third-order valence-electron chi connectivity index (χ3n) is 15.9. The highest BCUT2D eigenvalue weighted by Crippen LogP contribution is 2.60. The van der Waals surface area contributed by atoms with Crippen LogP contribution >= 0.6 is 11.6 Å². The number of benzene rings is 3. The SMILES string of the molecule is CC(C)(C)C[C@@H]1N[C@@H](C(=O)Nc2ccc(C(=O)N3CCC4(CC3)C[C@@H]4C#Cc3cccc4c3CN([C@H]3CCC(=O)NC3=O)C4=O)cc2S(=O)(=O)C(F)(F)F)[C@H](c2cccc(Cl)c2F)[C@]12CNc1cc(C(F)(F)F)ncc12. The fraction of sp³-hybridized carbons (Fsp3) is 0.434.